The van der Waals surface area contributed by atoms with Gasteiger partial charge in [0, 0.05) is 38.7 Å². The Labute approximate surface area is 165 Å². The van der Waals surface area contributed by atoms with Gasteiger partial charge in [-0.2, -0.15) is 5.10 Å². The van der Waals surface area contributed by atoms with Gasteiger partial charge < -0.3 is 9.64 Å². The second-order valence-corrected chi connectivity index (χ2v) is 7.32. The Hall–Kier alpha value is -3.08. The number of benzene rings is 2. The van der Waals surface area contributed by atoms with Crippen molar-refractivity contribution in [1.82, 2.24) is 14.7 Å². The fourth-order valence-corrected chi connectivity index (χ4v) is 3.90. The van der Waals surface area contributed by atoms with E-state index in [1.165, 1.54) is 11.1 Å². The maximum atomic E-state index is 13.0. The maximum absolute atomic E-state index is 13.0. The van der Waals surface area contributed by atoms with E-state index in [4.69, 9.17) is 4.74 Å². The summed E-state index contributed by atoms with van der Waals surface area (Å²) in [7, 11) is 3.58. The minimum absolute atomic E-state index is 0.170. The number of carbonyl (C=O) groups excluding carboxylic acids is 1. The van der Waals surface area contributed by atoms with Crippen LogP contribution in [0.2, 0.25) is 0 Å². The molecule has 144 valence electrons. The zero-order valence-electron chi connectivity index (χ0n) is 16.3. The number of fused-ring (bicyclic) bond motifs is 1. The van der Waals surface area contributed by atoms with Gasteiger partial charge in [0.25, 0.3) is 0 Å². The van der Waals surface area contributed by atoms with Gasteiger partial charge in [0.15, 0.2) is 0 Å². The van der Waals surface area contributed by atoms with Crippen LogP contribution < -0.4 is 4.74 Å². The van der Waals surface area contributed by atoms with Crippen LogP contribution in [0.4, 0.5) is 0 Å². The third-order valence-corrected chi connectivity index (χ3v) is 5.46. The molecule has 0 saturated carbocycles. The van der Waals surface area contributed by atoms with Gasteiger partial charge >= 0.3 is 0 Å². The summed E-state index contributed by atoms with van der Waals surface area (Å²) >= 11 is 0. The third-order valence-electron chi connectivity index (χ3n) is 5.46. The zero-order valence-corrected chi connectivity index (χ0v) is 16.3. The molecule has 0 saturated heterocycles. The van der Waals surface area contributed by atoms with Crippen LogP contribution in [-0.4, -0.2) is 34.2 Å². The molecule has 1 aliphatic heterocycles. The van der Waals surface area contributed by atoms with Gasteiger partial charge in [-0.15, -0.1) is 0 Å². The van der Waals surface area contributed by atoms with Crippen LogP contribution in [0.5, 0.6) is 5.75 Å². The molecule has 2 heterocycles. The molecule has 4 rings (SSSR count). The van der Waals surface area contributed by atoms with Crippen molar-refractivity contribution in [3.05, 3.63) is 83.2 Å². The van der Waals surface area contributed by atoms with Gasteiger partial charge in [-0.25, -0.2) is 0 Å². The van der Waals surface area contributed by atoms with Crippen LogP contribution >= 0.6 is 0 Å². The molecule has 5 heteroatoms. The van der Waals surface area contributed by atoms with Crippen molar-refractivity contribution in [2.24, 2.45) is 7.05 Å². The summed E-state index contributed by atoms with van der Waals surface area (Å²) in [5.74, 6) is 1.20. The minimum atomic E-state index is 0.170. The van der Waals surface area contributed by atoms with E-state index in [-0.39, 0.29) is 11.8 Å². The van der Waals surface area contributed by atoms with E-state index < -0.39 is 0 Å². The predicted molar refractivity (Wildman–Crippen MR) is 108 cm³/mol. The van der Waals surface area contributed by atoms with E-state index in [9.17, 15) is 4.79 Å². The molecule has 3 aromatic rings. The van der Waals surface area contributed by atoms with E-state index >= 15 is 0 Å². The molecule has 0 bridgehead atoms. The quantitative estimate of drug-likeness (QED) is 0.685. The molecule has 0 N–H and O–H groups in total. The van der Waals surface area contributed by atoms with E-state index in [0.29, 0.717) is 19.5 Å². The predicted octanol–water partition coefficient (Wildman–Crippen LogP) is 3.54. The van der Waals surface area contributed by atoms with Gasteiger partial charge in [0.2, 0.25) is 5.91 Å². The van der Waals surface area contributed by atoms with Crippen molar-refractivity contribution in [2.75, 3.05) is 13.7 Å². The molecule has 0 spiro atoms. The van der Waals surface area contributed by atoms with E-state index in [2.05, 4.69) is 23.3 Å². The lowest BCUT2D eigenvalue weighted by atomic mass is 9.86. The Bertz CT molecular complexity index is 962. The standard InChI is InChI=1S/C23H25N3O2/c1-25-14-19(13-24-25)22-16-26(15-18-5-3-4-6-21(18)22)23(27)12-9-17-7-10-20(28-2)11-8-17/h3-8,10-11,13-14,22H,9,12,15-16H2,1-2H3. The number of ether oxygens (including phenoxy) is 1. The van der Waals surface area contributed by atoms with Crippen LogP contribution in [0.1, 0.15) is 34.6 Å². The number of hydrogen-bond donors (Lipinski definition) is 0. The first-order valence-corrected chi connectivity index (χ1v) is 9.61. The first kappa shape index (κ1) is 18.3. The molecule has 5 nitrogen and oxygen atoms in total. The molecule has 2 aromatic carbocycles. The second kappa shape index (κ2) is 7.89. The Kier molecular flexibility index (Phi) is 5.15. The summed E-state index contributed by atoms with van der Waals surface area (Å²) < 4.78 is 7.02. The van der Waals surface area contributed by atoms with Crippen molar-refractivity contribution in [3.8, 4) is 5.75 Å². The molecular weight excluding hydrogens is 350 g/mol. The fraction of sp³-hybridized carbons (Fsp3) is 0.304. The smallest absolute Gasteiger partial charge is 0.223 e. The number of carbonyl (C=O) groups is 1. The summed E-state index contributed by atoms with van der Waals surface area (Å²) in [6.45, 7) is 1.37. The fourth-order valence-electron chi connectivity index (χ4n) is 3.90. The second-order valence-electron chi connectivity index (χ2n) is 7.32. The van der Waals surface area contributed by atoms with Crippen LogP contribution in [0.15, 0.2) is 60.9 Å². The molecule has 0 fully saturated rings. The summed E-state index contributed by atoms with van der Waals surface area (Å²) in [5, 5.41) is 4.33. The molecule has 1 atom stereocenters. The summed E-state index contributed by atoms with van der Waals surface area (Å²) in [5.41, 5.74) is 4.83. The van der Waals surface area contributed by atoms with E-state index in [1.807, 2.05) is 59.4 Å². The molecule has 0 aliphatic carbocycles. The van der Waals surface area contributed by atoms with Gasteiger partial charge in [-0.05, 0) is 40.8 Å². The summed E-state index contributed by atoms with van der Waals surface area (Å²) in [4.78, 5) is 15.0. The van der Waals surface area contributed by atoms with Gasteiger partial charge in [-0.3, -0.25) is 9.48 Å². The highest BCUT2D eigenvalue weighted by Crippen LogP contribution is 2.33. The number of hydrogen-bond acceptors (Lipinski definition) is 3. The molecule has 0 radical (unpaired) electrons. The van der Waals surface area contributed by atoms with Crippen molar-refractivity contribution < 1.29 is 9.53 Å². The SMILES string of the molecule is COc1ccc(CCC(=O)N2Cc3ccccc3C(c3cnn(C)c3)C2)cc1. The Balaban J connectivity index is 1.49. The van der Waals surface area contributed by atoms with E-state index in [0.717, 1.165) is 23.3 Å². The van der Waals surface area contributed by atoms with Crippen molar-refractivity contribution in [1.29, 1.82) is 0 Å². The van der Waals surface area contributed by atoms with Gasteiger partial charge in [0.1, 0.15) is 5.75 Å². The average molecular weight is 375 g/mol. The van der Waals surface area contributed by atoms with Crippen molar-refractivity contribution in [3.63, 3.8) is 0 Å². The molecule has 1 aromatic heterocycles. The van der Waals surface area contributed by atoms with Crippen molar-refractivity contribution >= 4 is 5.91 Å². The number of aromatic nitrogens is 2. The molecule has 28 heavy (non-hydrogen) atoms. The highest BCUT2D eigenvalue weighted by molar-refractivity contribution is 5.77. The highest BCUT2D eigenvalue weighted by Gasteiger charge is 2.29. The van der Waals surface area contributed by atoms with Crippen LogP contribution in [0.3, 0.4) is 0 Å². The highest BCUT2D eigenvalue weighted by atomic mass is 16.5. The lowest BCUT2D eigenvalue weighted by Crippen LogP contribution is -2.38. The number of nitrogens with zero attached hydrogens (tertiary/aromatic N) is 3. The Morgan fingerprint density at radius 2 is 1.96 bits per heavy atom. The number of amides is 1. The zero-order chi connectivity index (χ0) is 19.5. The largest absolute Gasteiger partial charge is 0.497 e. The van der Waals surface area contributed by atoms with Crippen LogP contribution in [-0.2, 0) is 24.8 Å². The lowest BCUT2D eigenvalue weighted by molar-refractivity contribution is -0.132. The maximum Gasteiger partial charge on any atom is 0.223 e. The first-order chi connectivity index (χ1) is 13.6. The lowest BCUT2D eigenvalue weighted by Gasteiger charge is -2.34. The number of rotatable bonds is 5. The van der Waals surface area contributed by atoms with Crippen LogP contribution in [0.25, 0.3) is 0 Å². The molecule has 1 aliphatic rings. The average Bonchev–Trinajstić information content (AvgIpc) is 3.17. The van der Waals surface area contributed by atoms with Crippen LogP contribution in [0, 0.1) is 0 Å². The number of aryl methyl sites for hydroxylation is 2. The monoisotopic (exact) mass is 375 g/mol. The Morgan fingerprint density at radius 3 is 2.68 bits per heavy atom. The van der Waals surface area contributed by atoms with Gasteiger partial charge in [0.05, 0.1) is 13.3 Å². The first-order valence-electron chi connectivity index (χ1n) is 9.61. The molecule has 1 unspecified atom stereocenters. The van der Waals surface area contributed by atoms with Crippen molar-refractivity contribution in [2.45, 2.75) is 25.3 Å². The third kappa shape index (κ3) is 3.79. The van der Waals surface area contributed by atoms with E-state index in [1.54, 1.807) is 7.11 Å². The topological polar surface area (TPSA) is 47.4 Å². The summed E-state index contributed by atoms with van der Waals surface area (Å²) in [6.07, 6.45) is 5.20. The summed E-state index contributed by atoms with van der Waals surface area (Å²) in [6, 6.07) is 16.3. The normalized spacial score (nSPS) is 15.9. The molecular formula is C23H25N3O2. The number of methoxy groups -OCH3 is 1. The molecule has 1 amide bonds. The minimum Gasteiger partial charge on any atom is -0.497 e. The van der Waals surface area contributed by atoms with Gasteiger partial charge in [-0.1, -0.05) is 36.4 Å². The Morgan fingerprint density at radius 1 is 1.18 bits per heavy atom.